The molecule has 0 atom stereocenters. The molecule has 130 valence electrons. The molecule has 1 aliphatic heterocycles. The molecule has 0 aromatic heterocycles. The van der Waals surface area contributed by atoms with Crippen molar-refractivity contribution in [3.8, 4) is 0 Å². The smallest absolute Gasteiger partial charge is 0.261 e. The number of carbonyl (C=O) groups is 2. The van der Waals surface area contributed by atoms with Gasteiger partial charge in [0, 0.05) is 31.5 Å². The first-order valence-electron chi connectivity index (χ1n) is 8.51. The van der Waals surface area contributed by atoms with Crippen molar-refractivity contribution in [2.75, 3.05) is 30.8 Å². The SMILES string of the molecule is Cc1cc(N(C)CCCCN2C(=O)c3ccccc3C2=O)ccc1N. The molecule has 0 unspecified atom stereocenters. The fourth-order valence-electron chi connectivity index (χ4n) is 3.09. The second kappa shape index (κ2) is 6.97. The third-order valence-corrected chi connectivity index (χ3v) is 4.70. The summed E-state index contributed by atoms with van der Waals surface area (Å²) in [6.45, 7) is 3.31. The number of nitrogen functional groups attached to an aromatic ring is 1. The van der Waals surface area contributed by atoms with Crippen LogP contribution in [0.15, 0.2) is 42.5 Å². The van der Waals surface area contributed by atoms with Crippen molar-refractivity contribution in [1.82, 2.24) is 4.90 Å². The average molecular weight is 337 g/mol. The molecule has 2 N–H and O–H groups in total. The summed E-state index contributed by atoms with van der Waals surface area (Å²) in [7, 11) is 2.03. The molecule has 1 heterocycles. The number of amides is 2. The molecule has 0 aliphatic carbocycles. The number of nitrogens with zero attached hydrogens (tertiary/aromatic N) is 2. The first-order chi connectivity index (χ1) is 12.0. The molecule has 0 saturated carbocycles. The van der Waals surface area contributed by atoms with Crippen molar-refractivity contribution in [2.24, 2.45) is 0 Å². The van der Waals surface area contributed by atoms with Crippen LogP contribution in [-0.2, 0) is 0 Å². The van der Waals surface area contributed by atoms with Crippen LogP contribution in [0.2, 0.25) is 0 Å². The minimum absolute atomic E-state index is 0.178. The van der Waals surface area contributed by atoms with Crippen LogP contribution < -0.4 is 10.6 Å². The van der Waals surface area contributed by atoms with Crippen LogP contribution in [0.5, 0.6) is 0 Å². The Morgan fingerprint density at radius 1 is 1.00 bits per heavy atom. The van der Waals surface area contributed by atoms with Crippen molar-refractivity contribution < 1.29 is 9.59 Å². The molecular formula is C20H23N3O2. The third-order valence-electron chi connectivity index (χ3n) is 4.70. The highest BCUT2D eigenvalue weighted by Crippen LogP contribution is 2.23. The topological polar surface area (TPSA) is 66.6 Å². The highest BCUT2D eigenvalue weighted by molar-refractivity contribution is 6.21. The summed E-state index contributed by atoms with van der Waals surface area (Å²) < 4.78 is 0. The number of carbonyl (C=O) groups excluding carboxylic acids is 2. The van der Waals surface area contributed by atoms with E-state index in [4.69, 9.17) is 5.73 Å². The van der Waals surface area contributed by atoms with Gasteiger partial charge in [0.1, 0.15) is 0 Å². The summed E-state index contributed by atoms with van der Waals surface area (Å²) in [5, 5.41) is 0. The zero-order valence-corrected chi connectivity index (χ0v) is 14.7. The molecule has 1 aliphatic rings. The van der Waals surface area contributed by atoms with Crippen molar-refractivity contribution >= 4 is 23.2 Å². The quantitative estimate of drug-likeness (QED) is 0.500. The van der Waals surface area contributed by atoms with Crippen LogP contribution in [0.4, 0.5) is 11.4 Å². The number of fused-ring (bicyclic) bond motifs is 1. The number of hydrogen-bond acceptors (Lipinski definition) is 4. The Morgan fingerprint density at radius 2 is 1.64 bits per heavy atom. The Bertz CT molecular complexity index is 781. The molecule has 5 heteroatoms. The van der Waals surface area contributed by atoms with Crippen LogP contribution >= 0.6 is 0 Å². The fourth-order valence-corrected chi connectivity index (χ4v) is 3.09. The number of unbranched alkanes of at least 4 members (excludes halogenated alkanes) is 1. The van der Waals surface area contributed by atoms with Crippen molar-refractivity contribution in [2.45, 2.75) is 19.8 Å². The van der Waals surface area contributed by atoms with E-state index >= 15 is 0 Å². The van der Waals surface area contributed by atoms with Gasteiger partial charge in [0.05, 0.1) is 11.1 Å². The fraction of sp³-hybridized carbons (Fsp3) is 0.300. The highest BCUT2D eigenvalue weighted by atomic mass is 16.2. The summed E-state index contributed by atoms with van der Waals surface area (Å²) in [4.78, 5) is 28.1. The highest BCUT2D eigenvalue weighted by Gasteiger charge is 2.34. The van der Waals surface area contributed by atoms with Crippen LogP contribution in [0.1, 0.15) is 39.1 Å². The molecular weight excluding hydrogens is 314 g/mol. The van der Waals surface area contributed by atoms with Gasteiger partial charge >= 0.3 is 0 Å². The first-order valence-corrected chi connectivity index (χ1v) is 8.51. The van der Waals surface area contributed by atoms with E-state index in [0.29, 0.717) is 17.7 Å². The van der Waals surface area contributed by atoms with Gasteiger partial charge in [0.2, 0.25) is 0 Å². The van der Waals surface area contributed by atoms with Gasteiger partial charge in [0.15, 0.2) is 0 Å². The second-order valence-electron chi connectivity index (χ2n) is 6.48. The monoisotopic (exact) mass is 337 g/mol. The van der Waals surface area contributed by atoms with E-state index in [0.717, 1.165) is 36.3 Å². The summed E-state index contributed by atoms with van der Waals surface area (Å²) in [5.41, 5.74) is 9.86. The van der Waals surface area contributed by atoms with E-state index in [1.165, 1.54) is 4.90 Å². The number of imide groups is 1. The number of nitrogens with two attached hydrogens (primary N) is 1. The molecule has 25 heavy (non-hydrogen) atoms. The predicted octanol–water partition coefficient (Wildman–Crippen LogP) is 3.09. The van der Waals surface area contributed by atoms with Gasteiger partial charge in [-0.15, -0.1) is 0 Å². The molecule has 0 saturated heterocycles. The number of anilines is 2. The Morgan fingerprint density at radius 3 is 2.24 bits per heavy atom. The Hall–Kier alpha value is -2.82. The van der Waals surface area contributed by atoms with Gasteiger partial charge in [-0.3, -0.25) is 14.5 Å². The molecule has 2 amide bonds. The van der Waals surface area contributed by atoms with Crippen molar-refractivity contribution in [3.63, 3.8) is 0 Å². The average Bonchev–Trinajstić information content (AvgIpc) is 2.85. The minimum Gasteiger partial charge on any atom is -0.399 e. The van der Waals surface area contributed by atoms with Gasteiger partial charge in [0.25, 0.3) is 11.8 Å². The zero-order chi connectivity index (χ0) is 18.0. The van der Waals surface area contributed by atoms with Crippen molar-refractivity contribution in [3.05, 3.63) is 59.2 Å². The lowest BCUT2D eigenvalue weighted by molar-refractivity contribution is 0.0652. The van der Waals surface area contributed by atoms with Crippen LogP contribution in [0, 0.1) is 6.92 Å². The standard InChI is InChI=1S/C20H23N3O2/c1-14-13-15(9-10-18(14)21)22(2)11-5-6-12-23-19(24)16-7-3-4-8-17(16)20(23)25/h3-4,7-10,13H,5-6,11-12,21H2,1-2H3. The number of aryl methyl sites for hydroxylation is 1. The van der Waals surface area contributed by atoms with E-state index in [1.54, 1.807) is 24.3 Å². The Balaban J connectivity index is 1.51. The normalized spacial score (nSPS) is 13.3. The maximum Gasteiger partial charge on any atom is 0.261 e. The van der Waals surface area contributed by atoms with E-state index in [2.05, 4.69) is 11.0 Å². The molecule has 0 bridgehead atoms. The largest absolute Gasteiger partial charge is 0.399 e. The maximum absolute atomic E-state index is 12.3. The second-order valence-corrected chi connectivity index (χ2v) is 6.48. The summed E-state index contributed by atoms with van der Waals surface area (Å²) in [5.74, 6) is -0.355. The predicted molar refractivity (Wildman–Crippen MR) is 99.9 cm³/mol. The summed E-state index contributed by atoms with van der Waals surface area (Å²) in [6.07, 6.45) is 1.68. The van der Waals surface area contributed by atoms with Gasteiger partial charge in [-0.25, -0.2) is 0 Å². The van der Waals surface area contributed by atoms with Crippen LogP contribution in [-0.4, -0.2) is 36.9 Å². The Labute approximate surface area is 148 Å². The van der Waals surface area contributed by atoms with Gasteiger partial charge in [-0.1, -0.05) is 12.1 Å². The maximum atomic E-state index is 12.3. The third kappa shape index (κ3) is 3.36. The number of rotatable bonds is 6. The first kappa shape index (κ1) is 17.0. The molecule has 2 aromatic rings. The molecule has 0 spiro atoms. The van der Waals surface area contributed by atoms with Gasteiger partial charge < -0.3 is 10.6 Å². The molecule has 2 aromatic carbocycles. The van der Waals surface area contributed by atoms with Crippen molar-refractivity contribution in [1.29, 1.82) is 0 Å². The number of benzene rings is 2. The molecule has 3 rings (SSSR count). The molecule has 5 nitrogen and oxygen atoms in total. The zero-order valence-electron chi connectivity index (χ0n) is 14.7. The lowest BCUT2D eigenvalue weighted by Crippen LogP contribution is -2.31. The van der Waals surface area contributed by atoms with E-state index in [1.807, 2.05) is 26.1 Å². The Kier molecular flexibility index (Phi) is 4.74. The molecule has 0 radical (unpaired) electrons. The summed E-state index contributed by atoms with van der Waals surface area (Å²) in [6, 6.07) is 13.0. The lowest BCUT2D eigenvalue weighted by atomic mass is 10.1. The van der Waals surface area contributed by atoms with Crippen LogP contribution in [0.3, 0.4) is 0 Å². The minimum atomic E-state index is -0.178. The van der Waals surface area contributed by atoms with E-state index in [-0.39, 0.29) is 11.8 Å². The lowest BCUT2D eigenvalue weighted by Gasteiger charge is -2.21. The van der Waals surface area contributed by atoms with E-state index < -0.39 is 0 Å². The molecule has 0 fully saturated rings. The van der Waals surface area contributed by atoms with Gasteiger partial charge in [-0.05, 0) is 55.7 Å². The van der Waals surface area contributed by atoms with E-state index in [9.17, 15) is 9.59 Å². The summed E-state index contributed by atoms with van der Waals surface area (Å²) >= 11 is 0. The van der Waals surface area contributed by atoms with Crippen LogP contribution in [0.25, 0.3) is 0 Å². The van der Waals surface area contributed by atoms with Gasteiger partial charge in [-0.2, -0.15) is 0 Å². The number of hydrogen-bond donors (Lipinski definition) is 1.